The molecule has 2 aromatic carbocycles. The lowest BCUT2D eigenvalue weighted by Crippen LogP contribution is -2.36. The van der Waals surface area contributed by atoms with Crippen LogP contribution in [-0.4, -0.2) is 22.8 Å². The molecule has 0 unspecified atom stereocenters. The molecule has 140 valence electrons. The molecule has 0 radical (unpaired) electrons. The Kier molecular flexibility index (Phi) is 6.20. The van der Waals surface area contributed by atoms with Crippen molar-refractivity contribution in [1.82, 2.24) is 20.4 Å². The van der Waals surface area contributed by atoms with Crippen LogP contribution in [0.3, 0.4) is 0 Å². The first-order valence-corrected chi connectivity index (χ1v) is 8.89. The van der Waals surface area contributed by atoms with Crippen molar-refractivity contribution in [2.24, 2.45) is 4.99 Å². The first-order valence-electron chi connectivity index (χ1n) is 8.89. The number of guanidine groups is 1. The van der Waals surface area contributed by atoms with Gasteiger partial charge in [0.1, 0.15) is 5.82 Å². The fraction of sp³-hybridized carbons (Fsp3) is 0.238. The number of nitrogens with zero attached hydrogens (tertiary/aromatic N) is 3. The zero-order valence-electron chi connectivity index (χ0n) is 15.6. The van der Waals surface area contributed by atoms with Gasteiger partial charge in [-0.25, -0.2) is 4.39 Å². The van der Waals surface area contributed by atoms with Crippen LogP contribution in [0, 0.1) is 12.7 Å². The summed E-state index contributed by atoms with van der Waals surface area (Å²) in [5.74, 6) is 0.519. The standard InChI is InChI=1S/C21H24FN5/c1-16-11-18(7-8-20(16)22)14-25-21(23-2)24-13-17-5-3-6-19(12-17)15-27-10-4-9-26-27/h3-12H,13-15H2,1-2H3,(H2,23,24,25). The quantitative estimate of drug-likeness (QED) is 0.521. The SMILES string of the molecule is CN=C(NCc1cccc(Cn2cccn2)c1)NCc1ccc(F)c(C)c1. The maximum atomic E-state index is 13.4. The third-order valence-corrected chi connectivity index (χ3v) is 4.26. The van der Waals surface area contributed by atoms with E-state index in [0.29, 0.717) is 24.6 Å². The molecule has 3 rings (SSSR count). The Morgan fingerprint density at radius 1 is 1.04 bits per heavy atom. The first kappa shape index (κ1) is 18.6. The van der Waals surface area contributed by atoms with E-state index < -0.39 is 0 Å². The maximum Gasteiger partial charge on any atom is 0.191 e. The van der Waals surface area contributed by atoms with E-state index in [4.69, 9.17) is 0 Å². The fourth-order valence-electron chi connectivity index (χ4n) is 2.83. The van der Waals surface area contributed by atoms with Crippen molar-refractivity contribution in [2.45, 2.75) is 26.6 Å². The molecule has 5 nitrogen and oxygen atoms in total. The van der Waals surface area contributed by atoms with Crippen molar-refractivity contribution in [2.75, 3.05) is 7.05 Å². The van der Waals surface area contributed by atoms with Crippen molar-refractivity contribution in [3.63, 3.8) is 0 Å². The fourth-order valence-corrected chi connectivity index (χ4v) is 2.83. The van der Waals surface area contributed by atoms with Crippen LogP contribution < -0.4 is 10.6 Å². The van der Waals surface area contributed by atoms with Gasteiger partial charge in [-0.3, -0.25) is 9.67 Å². The van der Waals surface area contributed by atoms with Crippen LogP contribution in [0.4, 0.5) is 4.39 Å². The van der Waals surface area contributed by atoms with Crippen molar-refractivity contribution >= 4 is 5.96 Å². The normalized spacial score (nSPS) is 11.4. The van der Waals surface area contributed by atoms with E-state index in [2.05, 4.69) is 38.9 Å². The Labute approximate surface area is 159 Å². The Morgan fingerprint density at radius 2 is 1.78 bits per heavy atom. The van der Waals surface area contributed by atoms with E-state index >= 15 is 0 Å². The second kappa shape index (κ2) is 8.98. The largest absolute Gasteiger partial charge is 0.352 e. The predicted molar refractivity (Wildman–Crippen MR) is 106 cm³/mol. The third kappa shape index (κ3) is 5.41. The lowest BCUT2D eigenvalue weighted by molar-refractivity contribution is 0.617. The minimum atomic E-state index is -0.184. The molecule has 0 spiro atoms. The molecular weight excluding hydrogens is 341 g/mol. The molecule has 27 heavy (non-hydrogen) atoms. The van der Waals surface area contributed by atoms with Gasteiger partial charge in [0.2, 0.25) is 0 Å². The number of aliphatic imine (C=N–C) groups is 1. The molecule has 0 fully saturated rings. The van der Waals surface area contributed by atoms with Crippen LogP contribution in [0.2, 0.25) is 0 Å². The van der Waals surface area contributed by atoms with Crippen molar-refractivity contribution < 1.29 is 4.39 Å². The van der Waals surface area contributed by atoms with Crippen LogP contribution in [0.25, 0.3) is 0 Å². The number of aromatic nitrogens is 2. The number of rotatable bonds is 6. The lowest BCUT2D eigenvalue weighted by Gasteiger charge is -2.13. The number of nitrogens with one attached hydrogen (secondary N) is 2. The molecule has 0 saturated carbocycles. The van der Waals surface area contributed by atoms with E-state index in [9.17, 15) is 4.39 Å². The molecule has 3 aromatic rings. The zero-order valence-corrected chi connectivity index (χ0v) is 15.6. The molecule has 1 heterocycles. The summed E-state index contributed by atoms with van der Waals surface area (Å²) in [5.41, 5.74) is 4.02. The zero-order chi connectivity index (χ0) is 19.1. The average Bonchev–Trinajstić information content (AvgIpc) is 3.18. The summed E-state index contributed by atoms with van der Waals surface area (Å²) in [6.07, 6.45) is 3.73. The van der Waals surface area contributed by atoms with Crippen LogP contribution in [0.5, 0.6) is 0 Å². The Hall–Kier alpha value is -3.15. The Bertz CT molecular complexity index is 903. The van der Waals surface area contributed by atoms with E-state index in [-0.39, 0.29) is 5.82 Å². The predicted octanol–water partition coefficient (Wildman–Crippen LogP) is 3.24. The Morgan fingerprint density at radius 3 is 2.44 bits per heavy atom. The van der Waals surface area contributed by atoms with Crippen LogP contribution in [0.1, 0.15) is 22.3 Å². The summed E-state index contributed by atoms with van der Waals surface area (Å²) in [6, 6.07) is 15.4. The Balaban J connectivity index is 1.53. The number of hydrogen-bond donors (Lipinski definition) is 2. The van der Waals surface area contributed by atoms with E-state index in [0.717, 1.165) is 12.1 Å². The van der Waals surface area contributed by atoms with Gasteiger partial charge in [-0.05, 0) is 41.3 Å². The molecular formula is C21H24FN5. The van der Waals surface area contributed by atoms with Crippen molar-refractivity contribution in [3.05, 3.63) is 89.0 Å². The van der Waals surface area contributed by atoms with E-state index in [1.807, 2.05) is 29.1 Å². The van der Waals surface area contributed by atoms with Crippen LogP contribution in [0.15, 0.2) is 65.9 Å². The van der Waals surface area contributed by atoms with Gasteiger partial charge in [-0.2, -0.15) is 5.10 Å². The highest BCUT2D eigenvalue weighted by Crippen LogP contribution is 2.09. The molecule has 0 aliphatic carbocycles. The van der Waals surface area contributed by atoms with Gasteiger partial charge in [0.05, 0.1) is 6.54 Å². The molecule has 0 bridgehead atoms. The summed E-state index contributed by atoms with van der Waals surface area (Å²) in [7, 11) is 1.74. The summed E-state index contributed by atoms with van der Waals surface area (Å²) < 4.78 is 15.3. The second-order valence-electron chi connectivity index (χ2n) is 6.39. The van der Waals surface area contributed by atoms with Crippen LogP contribution in [-0.2, 0) is 19.6 Å². The van der Waals surface area contributed by atoms with Crippen LogP contribution >= 0.6 is 0 Å². The third-order valence-electron chi connectivity index (χ3n) is 4.26. The molecule has 0 atom stereocenters. The molecule has 0 aliphatic rings. The van der Waals surface area contributed by atoms with Crippen molar-refractivity contribution in [3.8, 4) is 0 Å². The number of halogens is 1. The smallest absolute Gasteiger partial charge is 0.191 e. The van der Waals surface area contributed by atoms with Crippen molar-refractivity contribution in [1.29, 1.82) is 0 Å². The summed E-state index contributed by atoms with van der Waals surface area (Å²) >= 11 is 0. The number of benzene rings is 2. The summed E-state index contributed by atoms with van der Waals surface area (Å²) in [4.78, 5) is 4.25. The average molecular weight is 365 g/mol. The molecule has 1 aromatic heterocycles. The summed E-state index contributed by atoms with van der Waals surface area (Å²) in [6.45, 7) is 3.76. The topological polar surface area (TPSA) is 54.2 Å². The minimum absolute atomic E-state index is 0.184. The van der Waals surface area contributed by atoms with Gasteiger partial charge >= 0.3 is 0 Å². The monoisotopic (exact) mass is 365 g/mol. The molecule has 2 N–H and O–H groups in total. The first-order chi connectivity index (χ1) is 13.1. The molecule has 0 saturated heterocycles. The van der Waals surface area contributed by atoms with E-state index in [1.165, 1.54) is 17.2 Å². The van der Waals surface area contributed by atoms with Gasteiger partial charge in [0.25, 0.3) is 0 Å². The highest BCUT2D eigenvalue weighted by atomic mass is 19.1. The highest BCUT2D eigenvalue weighted by Gasteiger charge is 2.03. The van der Waals surface area contributed by atoms with Gasteiger partial charge in [-0.1, -0.05) is 36.4 Å². The molecule has 6 heteroatoms. The highest BCUT2D eigenvalue weighted by molar-refractivity contribution is 5.79. The van der Waals surface area contributed by atoms with E-state index in [1.54, 1.807) is 26.2 Å². The molecule has 0 amide bonds. The summed E-state index contributed by atoms with van der Waals surface area (Å²) in [5, 5.41) is 10.8. The number of hydrogen-bond acceptors (Lipinski definition) is 2. The van der Waals surface area contributed by atoms with Gasteiger partial charge in [0, 0.05) is 32.5 Å². The number of aryl methyl sites for hydroxylation is 1. The van der Waals surface area contributed by atoms with Gasteiger partial charge < -0.3 is 10.6 Å². The minimum Gasteiger partial charge on any atom is -0.352 e. The molecule has 0 aliphatic heterocycles. The van der Waals surface area contributed by atoms with Gasteiger partial charge in [0.15, 0.2) is 5.96 Å². The maximum absolute atomic E-state index is 13.4. The van der Waals surface area contributed by atoms with Gasteiger partial charge in [-0.15, -0.1) is 0 Å². The lowest BCUT2D eigenvalue weighted by atomic mass is 10.1. The second-order valence-corrected chi connectivity index (χ2v) is 6.39.